The molecule has 0 aromatic heterocycles. The van der Waals surface area contributed by atoms with Gasteiger partial charge in [0.1, 0.15) is 0 Å². The maximum absolute atomic E-state index is 7.23. The summed E-state index contributed by atoms with van der Waals surface area (Å²) in [5.74, 6) is 0. The maximum Gasteiger partial charge on any atom is 0.261 e. The van der Waals surface area contributed by atoms with Gasteiger partial charge < -0.3 is 9.16 Å². The van der Waals surface area contributed by atoms with E-state index < -0.39 is 8.32 Å². The van der Waals surface area contributed by atoms with Crippen LogP contribution in [0.15, 0.2) is 104 Å². The number of ether oxygens (including phenoxy) is 1. The smallest absolute Gasteiger partial charge is 0.261 e. The average molecular weight is 459 g/mol. The molecule has 0 fully saturated rings. The molecule has 0 aliphatic carbocycles. The SMILES string of the molecule is C=CC[C@@H](C[C@H](C)O[Si](c1ccccc1)(c1ccccc1)C(C)(C)C)OCc1ccccc1. The first-order valence-corrected chi connectivity index (χ1v) is 13.8. The van der Waals surface area contributed by atoms with Crippen LogP contribution in [0.25, 0.3) is 0 Å². The number of rotatable bonds is 11. The number of hydrogen-bond acceptors (Lipinski definition) is 2. The van der Waals surface area contributed by atoms with Gasteiger partial charge in [-0.25, -0.2) is 0 Å². The predicted molar refractivity (Wildman–Crippen MR) is 143 cm³/mol. The zero-order valence-electron chi connectivity index (χ0n) is 20.5. The Morgan fingerprint density at radius 1 is 0.818 bits per heavy atom. The second kappa shape index (κ2) is 11.6. The first kappa shape index (κ1) is 25.2. The van der Waals surface area contributed by atoms with Gasteiger partial charge in [0, 0.05) is 6.10 Å². The van der Waals surface area contributed by atoms with Crippen LogP contribution in [-0.2, 0) is 15.8 Å². The van der Waals surface area contributed by atoms with Crippen LogP contribution in [0.4, 0.5) is 0 Å². The van der Waals surface area contributed by atoms with Gasteiger partial charge in [-0.1, -0.05) is 118 Å². The monoisotopic (exact) mass is 458 g/mol. The molecule has 0 radical (unpaired) electrons. The van der Waals surface area contributed by atoms with Crippen molar-refractivity contribution in [3.8, 4) is 0 Å². The standard InChI is InChI=1S/C30H38O2Si/c1-6-16-27(31-24-26-17-10-7-11-18-26)23-25(2)32-33(30(3,4)5,28-19-12-8-13-20-28)29-21-14-9-15-22-29/h6-15,17-22,25,27H,1,16,23-24H2,2-5H3/t25-,27-/m0/s1. The summed E-state index contributed by atoms with van der Waals surface area (Å²) in [4.78, 5) is 0. The van der Waals surface area contributed by atoms with E-state index in [-0.39, 0.29) is 17.2 Å². The fourth-order valence-corrected chi connectivity index (χ4v) is 9.33. The second-order valence-electron chi connectivity index (χ2n) is 9.77. The lowest BCUT2D eigenvalue weighted by Gasteiger charge is -2.45. The third-order valence-electron chi connectivity index (χ3n) is 6.15. The minimum absolute atomic E-state index is 0.0389. The van der Waals surface area contributed by atoms with Crippen LogP contribution in [0, 0.1) is 0 Å². The minimum atomic E-state index is -2.57. The van der Waals surface area contributed by atoms with Crippen LogP contribution in [0.5, 0.6) is 0 Å². The van der Waals surface area contributed by atoms with Gasteiger partial charge in [-0.3, -0.25) is 0 Å². The molecule has 0 bridgehead atoms. The molecule has 3 aromatic carbocycles. The Morgan fingerprint density at radius 2 is 1.30 bits per heavy atom. The van der Waals surface area contributed by atoms with E-state index in [4.69, 9.17) is 9.16 Å². The van der Waals surface area contributed by atoms with Crippen LogP contribution in [0.3, 0.4) is 0 Å². The van der Waals surface area contributed by atoms with Crippen molar-refractivity contribution >= 4 is 18.7 Å². The molecule has 0 aliphatic rings. The molecule has 0 amide bonds. The van der Waals surface area contributed by atoms with Gasteiger partial charge >= 0.3 is 0 Å². The molecule has 33 heavy (non-hydrogen) atoms. The van der Waals surface area contributed by atoms with Crippen molar-refractivity contribution < 1.29 is 9.16 Å². The van der Waals surface area contributed by atoms with Crippen molar-refractivity contribution in [3.63, 3.8) is 0 Å². The molecule has 3 aromatic rings. The Kier molecular flexibility index (Phi) is 8.85. The summed E-state index contributed by atoms with van der Waals surface area (Å²) < 4.78 is 13.5. The lowest BCUT2D eigenvalue weighted by molar-refractivity contribution is 0.0129. The number of benzene rings is 3. The highest BCUT2D eigenvalue weighted by molar-refractivity contribution is 6.99. The molecule has 0 N–H and O–H groups in total. The minimum Gasteiger partial charge on any atom is -0.405 e. The molecule has 0 spiro atoms. The van der Waals surface area contributed by atoms with Gasteiger partial charge in [0.25, 0.3) is 8.32 Å². The largest absolute Gasteiger partial charge is 0.405 e. The molecule has 3 heteroatoms. The summed E-state index contributed by atoms with van der Waals surface area (Å²) in [6.07, 6.45) is 3.68. The summed E-state index contributed by atoms with van der Waals surface area (Å²) in [6, 6.07) is 32.0. The van der Waals surface area contributed by atoms with Crippen molar-refractivity contribution in [2.45, 2.75) is 64.4 Å². The summed E-state index contributed by atoms with van der Waals surface area (Å²) >= 11 is 0. The van der Waals surface area contributed by atoms with E-state index in [1.54, 1.807) is 0 Å². The van der Waals surface area contributed by atoms with Gasteiger partial charge in [0.05, 0.1) is 12.7 Å². The zero-order chi connectivity index (χ0) is 23.7. The van der Waals surface area contributed by atoms with Crippen molar-refractivity contribution in [3.05, 3.63) is 109 Å². The molecule has 0 unspecified atom stereocenters. The highest BCUT2D eigenvalue weighted by Gasteiger charge is 2.51. The second-order valence-corrected chi connectivity index (χ2v) is 14.0. The zero-order valence-corrected chi connectivity index (χ0v) is 21.5. The summed E-state index contributed by atoms with van der Waals surface area (Å²) in [6.45, 7) is 13.7. The van der Waals surface area contributed by atoms with Crippen molar-refractivity contribution in [1.82, 2.24) is 0 Å². The van der Waals surface area contributed by atoms with Gasteiger partial charge in [-0.15, -0.1) is 6.58 Å². The van der Waals surface area contributed by atoms with E-state index in [9.17, 15) is 0 Å². The van der Waals surface area contributed by atoms with E-state index in [0.717, 1.165) is 12.8 Å². The summed E-state index contributed by atoms with van der Waals surface area (Å²) in [5.41, 5.74) is 1.19. The fraction of sp³-hybridized carbons (Fsp3) is 0.333. The van der Waals surface area contributed by atoms with Crippen LogP contribution in [-0.4, -0.2) is 20.5 Å². The molecule has 3 rings (SSSR count). The summed E-state index contributed by atoms with van der Waals surface area (Å²) in [5, 5.41) is 2.57. The fourth-order valence-electron chi connectivity index (χ4n) is 4.62. The topological polar surface area (TPSA) is 18.5 Å². The van der Waals surface area contributed by atoms with Crippen LogP contribution < -0.4 is 10.4 Å². The molecular weight excluding hydrogens is 420 g/mol. The average Bonchev–Trinajstić information content (AvgIpc) is 2.82. The van der Waals surface area contributed by atoms with E-state index in [2.05, 4.69) is 119 Å². The van der Waals surface area contributed by atoms with Gasteiger partial charge in [-0.2, -0.15) is 0 Å². The number of hydrogen-bond donors (Lipinski definition) is 0. The van der Waals surface area contributed by atoms with Crippen LogP contribution >= 0.6 is 0 Å². The molecule has 2 atom stereocenters. The highest BCUT2D eigenvalue weighted by atomic mass is 28.4. The predicted octanol–water partition coefficient (Wildman–Crippen LogP) is 6.50. The van der Waals surface area contributed by atoms with E-state index in [1.165, 1.54) is 15.9 Å². The normalized spacial score (nSPS) is 13.9. The Morgan fingerprint density at radius 3 is 1.76 bits per heavy atom. The Balaban J connectivity index is 1.87. The van der Waals surface area contributed by atoms with Gasteiger partial charge in [0.2, 0.25) is 0 Å². The lowest BCUT2D eigenvalue weighted by Crippen LogP contribution is -2.67. The molecule has 0 saturated carbocycles. The van der Waals surface area contributed by atoms with E-state index in [1.807, 2.05) is 12.1 Å². The molecular formula is C30H38O2Si. The molecule has 2 nitrogen and oxygen atoms in total. The maximum atomic E-state index is 7.23. The molecule has 0 saturated heterocycles. The Labute approximate surface area is 201 Å². The first-order valence-electron chi connectivity index (χ1n) is 11.9. The highest BCUT2D eigenvalue weighted by Crippen LogP contribution is 2.38. The molecule has 174 valence electrons. The third kappa shape index (κ3) is 6.32. The third-order valence-corrected chi connectivity index (χ3v) is 11.3. The van der Waals surface area contributed by atoms with Gasteiger partial charge in [-0.05, 0) is 40.7 Å². The first-order chi connectivity index (χ1) is 15.9. The van der Waals surface area contributed by atoms with Gasteiger partial charge in [0.15, 0.2) is 0 Å². The van der Waals surface area contributed by atoms with E-state index in [0.29, 0.717) is 6.61 Å². The summed E-state index contributed by atoms with van der Waals surface area (Å²) in [7, 11) is -2.57. The van der Waals surface area contributed by atoms with Crippen molar-refractivity contribution in [1.29, 1.82) is 0 Å². The van der Waals surface area contributed by atoms with Crippen LogP contribution in [0.2, 0.25) is 5.04 Å². The van der Waals surface area contributed by atoms with Crippen molar-refractivity contribution in [2.75, 3.05) is 0 Å². The quantitative estimate of drug-likeness (QED) is 0.241. The Hall–Kier alpha value is -2.46. The molecule has 0 aliphatic heterocycles. The Bertz CT molecular complexity index is 925. The van der Waals surface area contributed by atoms with Crippen molar-refractivity contribution in [2.24, 2.45) is 0 Å². The lowest BCUT2D eigenvalue weighted by atomic mass is 10.1. The molecule has 0 heterocycles. The van der Waals surface area contributed by atoms with Crippen LogP contribution in [0.1, 0.15) is 46.1 Å². The van der Waals surface area contributed by atoms with E-state index >= 15 is 0 Å².